The molecule has 2 rings (SSSR count). The number of rotatable bonds is 4. The molecule has 0 radical (unpaired) electrons. The van der Waals surface area contributed by atoms with E-state index in [-0.39, 0.29) is 5.82 Å². The van der Waals surface area contributed by atoms with Gasteiger partial charge in [-0.15, -0.1) is 11.8 Å². The minimum atomic E-state index is -0.311. The predicted octanol–water partition coefficient (Wildman–Crippen LogP) is 3.71. The third-order valence-electron chi connectivity index (χ3n) is 2.52. The first-order chi connectivity index (χ1) is 8.70. The van der Waals surface area contributed by atoms with Crippen molar-refractivity contribution in [1.82, 2.24) is 0 Å². The first kappa shape index (κ1) is 12.8. The molecule has 0 aliphatic rings. The summed E-state index contributed by atoms with van der Waals surface area (Å²) in [5.74, 6) is 0.909. The monoisotopic (exact) mass is 263 g/mol. The number of halogens is 1. The van der Waals surface area contributed by atoms with Crippen molar-refractivity contribution < 1.29 is 9.13 Å². The van der Waals surface area contributed by atoms with Crippen LogP contribution in [0.3, 0.4) is 0 Å². The van der Waals surface area contributed by atoms with Crippen LogP contribution in [0.5, 0.6) is 5.75 Å². The molecule has 2 aromatic carbocycles. The van der Waals surface area contributed by atoms with Gasteiger partial charge in [0.2, 0.25) is 0 Å². The number of hydrogen-bond acceptors (Lipinski definition) is 3. The lowest BCUT2D eigenvalue weighted by Gasteiger charge is -2.08. The molecule has 0 aliphatic carbocycles. The van der Waals surface area contributed by atoms with E-state index < -0.39 is 0 Å². The molecule has 0 aromatic heterocycles. The van der Waals surface area contributed by atoms with E-state index in [1.165, 1.54) is 24.9 Å². The highest BCUT2D eigenvalue weighted by molar-refractivity contribution is 7.98. The Hall–Kier alpha value is -1.68. The maximum Gasteiger partial charge on any atom is 0.143 e. The third kappa shape index (κ3) is 2.96. The summed E-state index contributed by atoms with van der Waals surface area (Å²) in [7, 11) is 1.52. The first-order valence-electron chi connectivity index (χ1n) is 5.50. The van der Waals surface area contributed by atoms with Crippen molar-refractivity contribution in [1.29, 1.82) is 0 Å². The highest BCUT2D eigenvalue weighted by Gasteiger charge is 2.09. The van der Waals surface area contributed by atoms with Crippen LogP contribution < -0.4 is 10.5 Å². The van der Waals surface area contributed by atoms with Crippen molar-refractivity contribution in [3.8, 4) is 5.75 Å². The van der Waals surface area contributed by atoms with Gasteiger partial charge in [0.1, 0.15) is 11.6 Å². The molecule has 18 heavy (non-hydrogen) atoms. The van der Waals surface area contributed by atoms with Crippen molar-refractivity contribution >= 4 is 17.4 Å². The molecular formula is C14H14FNOS. The van der Waals surface area contributed by atoms with Crippen LogP contribution in [0.2, 0.25) is 0 Å². The Balaban J connectivity index is 2.14. The Labute approximate surface area is 110 Å². The summed E-state index contributed by atoms with van der Waals surface area (Å²) < 4.78 is 18.8. The number of nitrogens with two attached hydrogens (primary N) is 1. The Morgan fingerprint density at radius 3 is 2.61 bits per heavy atom. The predicted molar refractivity (Wildman–Crippen MR) is 73.4 cm³/mol. The van der Waals surface area contributed by atoms with E-state index in [2.05, 4.69) is 0 Å². The SMILES string of the molecule is COc1cc(SCc2ccccc2)c(F)cc1N. The topological polar surface area (TPSA) is 35.2 Å². The summed E-state index contributed by atoms with van der Waals surface area (Å²) in [4.78, 5) is 0.546. The second kappa shape index (κ2) is 5.78. The standard InChI is InChI=1S/C14H14FNOS/c1-17-13-8-14(11(15)7-12(13)16)18-9-10-5-3-2-4-6-10/h2-8H,9,16H2,1H3. The number of ether oxygens (including phenoxy) is 1. The Morgan fingerprint density at radius 1 is 1.22 bits per heavy atom. The van der Waals surface area contributed by atoms with E-state index in [0.717, 1.165) is 5.56 Å². The molecule has 0 saturated heterocycles. The minimum Gasteiger partial charge on any atom is -0.495 e. The molecule has 0 saturated carbocycles. The maximum atomic E-state index is 13.7. The Morgan fingerprint density at radius 2 is 1.94 bits per heavy atom. The summed E-state index contributed by atoms with van der Waals surface area (Å²) in [6, 6.07) is 12.9. The molecule has 0 aliphatic heterocycles. The number of anilines is 1. The lowest BCUT2D eigenvalue weighted by molar-refractivity contribution is 0.414. The van der Waals surface area contributed by atoms with Gasteiger partial charge in [-0.05, 0) is 11.6 Å². The smallest absolute Gasteiger partial charge is 0.143 e. The molecular weight excluding hydrogens is 249 g/mol. The van der Waals surface area contributed by atoms with E-state index in [9.17, 15) is 4.39 Å². The zero-order valence-electron chi connectivity index (χ0n) is 10.0. The number of nitrogen functional groups attached to an aromatic ring is 1. The molecule has 2 nitrogen and oxygen atoms in total. The summed E-state index contributed by atoms with van der Waals surface area (Å²) in [6.07, 6.45) is 0. The van der Waals surface area contributed by atoms with Gasteiger partial charge in [0, 0.05) is 16.7 Å². The number of hydrogen-bond donors (Lipinski definition) is 1. The zero-order chi connectivity index (χ0) is 13.0. The highest BCUT2D eigenvalue weighted by atomic mass is 32.2. The molecule has 4 heteroatoms. The average molecular weight is 263 g/mol. The fourth-order valence-corrected chi connectivity index (χ4v) is 2.47. The van der Waals surface area contributed by atoms with Gasteiger partial charge >= 0.3 is 0 Å². The van der Waals surface area contributed by atoms with E-state index in [1.807, 2.05) is 30.3 Å². The minimum absolute atomic E-state index is 0.311. The van der Waals surface area contributed by atoms with Gasteiger partial charge < -0.3 is 10.5 Å². The second-order valence-corrected chi connectivity index (χ2v) is 4.82. The summed E-state index contributed by atoms with van der Waals surface area (Å²) in [5, 5.41) is 0. The van der Waals surface area contributed by atoms with Gasteiger partial charge in [0.15, 0.2) is 0 Å². The van der Waals surface area contributed by atoms with Crippen LogP contribution in [0.4, 0.5) is 10.1 Å². The van der Waals surface area contributed by atoms with Gasteiger partial charge in [0.25, 0.3) is 0 Å². The Kier molecular flexibility index (Phi) is 4.10. The molecule has 0 bridgehead atoms. The quantitative estimate of drug-likeness (QED) is 0.674. The molecule has 2 aromatic rings. The van der Waals surface area contributed by atoms with Crippen molar-refractivity contribution in [3.05, 3.63) is 53.8 Å². The van der Waals surface area contributed by atoms with Crippen molar-refractivity contribution in [2.75, 3.05) is 12.8 Å². The lowest BCUT2D eigenvalue weighted by atomic mass is 10.2. The summed E-state index contributed by atoms with van der Waals surface area (Å²) in [5.41, 5.74) is 7.10. The molecule has 0 fully saturated rings. The average Bonchev–Trinajstić information content (AvgIpc) is 2.39. The highest BCUT2D eigenvalue weighted by Crippen LogP contribution is 2.32. The van der Waals surface area contributed by atoms with Gasteiger partial charge in [-0.1, -0.05) is 30.3 Å². The van der Waals surface area contributed by atoms with Gasteiger partial charge in [-0.2, -0.15) is 0 Å². The lowest BCUT2D eigenvalue weighted by Crippen LogP contribution is -1.95. The Bertz CT molecular complexity index is 531. The molecule has 0 atom stereocenters. The molecule has 0 heterocycles. The van der Waals surface area contributed by atoms with Crippen LogP contribution in [0.25, 0.3) is 0 Å². The van der Waals surface area contributed by atoms with Crippen LogP contribution in [0, 0.1) is 5.82 Å². The van der Waals surface area contributed by atoms with Crippen molar-refractivity contribution in [3.63, 3.8) is 0 Å². The zero-order valence-corrected chi connectivity index (χ0v) is 10.8. The molecule has 0 unspecified atom stereocenters. The van der Waals surface area contributed by atoms with Gasteiger partial charge in [-0.25, -0.2) is 4.39 Å². The van der Waals surface area contributed by atoms with E-state index in [1.54, 1.807) is 6.07 Å². The molecule has 0 spiro atoms. The van der Waals surface area contributed by atoms with Crippen LogP contribution >= 0.6 is 11.8 Å². The fraction of sp³-hybridized carbons (Fsp3) is 0.143. The van der Waals surface area contributed by atoms with E-state index >= 15 is 0 Å². The van der Waals surface area contributed by atoms with Crippen molar-refractivity contribution in [2.45, 2.75) is 10.6 Å². The van der Waals surface area contributed by atoms with Gasteiger partial charge in [0.05, 0.1) is 12.8 Å². The van der Waals surface area contributed by atoms with Crippen LogP contribution in [-0.4, -0.2) is 7.11 Å². The number of benzene rings is 2. The number of methoxy groups -OCH3 is 1. The first-order valence-corrected chi connectivity index (χ1v) is 6.49. The van der Waals surface area contributed by atoms with Gasteiger partial charge in [-0.3, -0.25) is 0 Å². The fourth-order valence-electron chi connectivity index (χ4n) is 1.57. The normalized spacial score (nSPS) is 10.3. The van der Waals surface area contributed by atoms with Crippen LogP contribution in [0.15, 0.2) is 47.4 Å². The number of thioether (sulfide) groups is 1. The second-order valence-electron chi connectivity index (χ2n) is 3.80. The van der Waals surface area contributed by atoms with E-state index in [4.69, 9.17) is 10.5 Å². The molecule has 94 valence electrons. The third-order valence-corrected chi connectivity index (χ3v) is 3.62. The molecule has 0 amide bonds. The van der Waals surface area contributed by atoms with Crippen LogP contribution in [-0.2, 0) is 5.75 Å². The van der Waals surface area contributed by atoms with Crippen molar-refractivity contribution in [2.24, 2.45) is 0 Å². The maximum absolute atomic E-state index is 13.7. The van der Waals surface area contributed by atoms with E-state index in [0.29, 0.717) is 22.1 Å². The summed E-state index contributed by atoms with van der Waals surface area (Å²) >= 11 is 1.43. The summed E-state index contributed by atoms with van der Waals surface area (Å²) in [6.45, 7) is 0. The molecule has 2 N–H and O–H groups in total. The largest absolute Gasteiger partial charge is 0.495 e. The van der Waals surface area contributed by atoms with Crippen LogP contribution in [0.1, 0.15) is 5.56 Å².